The fraction of sp³-hybridized carbons (Fsp3) is 0.562. The standard InChI is InChI=1S/C16H26N4O4/c1-22-13-10-12(11-14(23-2)15(13)24-3)18-16(21)20-8-6-19(5-4-17)7-9-20/h10-11H,4-9,17H2,1-3H3,(H,18,21). The van der Waals surface area contributed by atoms with Gasteiger partial charge in [0.2, 0.25) is 5.75 Å². The Morgan fingerprint density at radius 2 is 1.67 bits per heavy atom. The van der Waals surface area contributed by atoms with Crippen LogP contribution in [0.4, 0.5) is 10.5 Å². The van der Waals surface area contributed by atoms with Crippen molar-refractivity contribution in [3.8, 4) is 17.2 Å². The van der Waals surface area contributed by atoms with Gasteiger partial charge in [-0.3, -0.25) is 4.90 Å². The number of carbonyl (C=O) groups is 1. The van der Waals surface area contributed by atoms with Crippen molar-refractivity contribution >= 4 is 11.7 Å². The normalized spacial score (nSPS) is 15.1. The Morgan fingerprint density at radius 3 is 2.12 bits per heavy atom. The molecule has 3 N–H and O–H groups in total. The van der Waals surface area contributed by atoms with E-state index in [1.807, 2.05) is 0 Å². The topological polar surface area (TPSA) is 89.3 Å². The lowest BCUT2D eigenvalue weighted by atomic mass is 10.2. The van der Waals surface area contributed by atoms with Crippen LogP contribution in [0, 0.1) is 0 Å². The first-order chi connectivity index (χ1) is 11.6. The number of rotatable bonds is 6. The van der Waals surface area contributed by atoms with Gasteiger partial charge in [0.25, 0.3) is 0 Å². The van der Waals surface area contributed by atoms with E-state index in [-0.39, 0.29) is 6.03 Å². The predicted molar refractivity (Wildman–Crippen MR) is 92.2 cm³/mol. The number of amides is 2. The molecule has 0 bridgehead atoms. The van der Waals surface area contributed by atoms with Crippen LogP contribution in [0.1, 0.15) is 0 Å². The number of hydrogen-bond acceptors (Lipinski definition) is 6. The smallest absolute Gasteiger partial charge is 0.321 e. The second-order valence-corrected chi connectivity index (χ2v) is 5.46. The minimum absolute atomic E-state index is 0.142. The zero-order chi connectivity index (χ0) is 17.5. The average Bonchev–Trinajstić information content (AvgIpc) is 2.61. The SMILES string of the molecule is COc1cc(NC(=O)N2CCN(CCN)CC2)cc(OC)c1OC. The number of nitrogens with one attached hydrogen (secondary N) is 1. The van der Waals surface area contributed by atoms with Gasteiger partial charge in [-0.05, 0) is 0 Å². The molecule has 8 nitrogen and oxygen atoms in total. The zero-order valence-electron chi connectivity index (χ0n) is 14.5. The van der Waals surface area contributed by atoms with Crippen LogP contribution < -0.4 is 25.3 Å². The second-order valence-electron chi connectivity index (χ2n) is 5.46. The maximum absolute atomic E-state index is 12.4. The second kappa shape index (κ2) is 8.60. The van der Waals surface area contributed by atoms with Crippen LogP contribution in [0.25, 0.3) is 0 Å². The first-order valence-electron chi connectivity index (χ1n) is 7.91. The van der Waals surface area contributed by atoms with E-state index in [2.05, 4.69) is 10.2 Å². The molecule has 0 aliphatic carbocycles. The summed E-state index contributed by atoms with van der Waals surface area (Å²) in [6.07, 6.45) is 0. The Balaban J connectivity index is 2.04. The molecular weight excluding hydrogens is 312 g/mol. The van der Waals surface area contributed by atoms with Gasteiger partial charge in [0.1, 0.15) is 0 Å². The maximum Gasteiger partial charge on any atom is 0.321 e. The Hall–Kier alpha value is -2.19. The summed E-state index contributed by atoms with van der Waals surface area (Å²) in [4.78, 5) is 16.5. The summed E-state index contributed by atoms with van der Waals surface area (Å²) in [5, 5.41) is 2.89. The van der Waals surface area contributed by atoms with E-state index >= 15 is 0 Å². The molecule has 0 saturated carbocycles. The van der Waals surface area contributed by atoms with Crippen LogP contribution in [0.3, 0.4) is 0 Å². The van der Waals surface area contributed by atoms with E-state index in [0.29, 0.717) is 42.6 Å². The lowest BCUT2D eigenvalue weighted by Crippen LogP contribution is -2.50. The van der Waals surface area contributed by atoms with Crippen molar-refractivity contribution in [1.29, 1.82) is 0 Å². The molecule has 8 heteroatoms. The van der Waals surface area contributed by atoms with E-state index in [9.17, 15) is 4.79 Å². The van der Waals surface area contributed by atoms with E-state index in [1.54, 1.807) is 38.4 Å². The number of urea groups is 1. The summed E-state index contributed by atoms with van der Waals surface area (Å²) >= 11 is 0. The summed E-state index contributed by atoms with van der Waals surface area (Å²) < 4.78 is 15.9. The van der Waals surface area contributed by atoms with Crippen molar-refractivity contribution < 1.29 is 19.0 Å². The Morgan fingerprint density at radius 1 is 1.08 bits per heavy atom. The van der Waals surface area contributed by atoms with Gasteiger partial charge in [-0.1, -0.05) is 0 Å². The monoisotopic (exact) mass is 338 g/mol. The molecule has 0 radical (unpaired) electrons. The molecule has 1 aromatic rings. The first kappa shape index (κ1) is 18.2. The van der Waals surface area contributed by atoms with Crippen LogP contribution in [-0.2, 0) is 0 Å². The lowest BCUT2D eigenvalue weighted by Gasteiger charge is -2.34. The Bertz CT molecular complexity index is 534. The maximum atomic E-state index is 12.4. The fourth-order valence-electron chi connectivity index (χ4n) is 2.71. The molecule has 0 atom stereocenters. The molecule has 24 heavy (non-hydrogen) atoms. The predicted octanol–water partition coefficient (Wildman–Crippen LogP) is 0.821. The van der Waals surface area contributed by atoms with Crippen molar-refractivity contribution in [3.05, 3.63) is 12.1 Å². The third kappa shape index (κ3) is 4.21. The van der Waals surface area contributed by atoms with Gasteiger partial charge in [-0.15, -0.1) is 0 Å². The van der Waals surface area contributed by atoms with E-state index < -0.39 is 0 Å². The molecule has 0 spiro atoms. The van der Waals surface area contributed by atoms with Crippen molar-refractivity contribution in [2.75, 3.05) is 65.9 Å². The Labute approximate surface area is 142 Å². The van der Waals surface area contributed by atoms with Crippen LogP contribution in [-0.4, -0.2) is 76.4 Å². The van der Waals surface area contributed by atoms with Crippen LogP contribution in [0.2, 0.25) is 0 Å². The van der Waals surface area contributed by atoms with Gasteiger partial charge < -0.3 is 30.2 Å². The Kier molecular flexibility index (Phi) is 6.51. The number of ether oxygens (including phenoxy) is 3. The molecule has 134 valence electrons. The number of hydrogen-bond donors (Lipinski definition) is 2. The summed E-state index contributed by atoms with van der Waals surface area (Å²) in [7, 11) is 4.62. The van der Waals surface area contributed by atoms with Gasteiger partial charge in [-0.2, -0.15) is 0 Å². The lowest BCUT2D eigenvalue weighted by molar-refractivity contribution is 0.149. The molecule has 1 fully saturated rings. The molecule has 1 saturated heterocycles. The van der Waals surface area contributed by atoms with Gasteiger partial charge in [-0.25, -0.2) is 4.79 Å². The summed E-state index contributed by atoms with van der Waals surface area (Å²) in [6, 6.07) is 3.28. The van der Waals surface area contributed by atoms with Crippen molar-refractivity contribution in [2.24, 2.45) is 5.73 Å². The van der Waals surface area contributed by atoms with Crippen LogP contribution >= 0.6 is 0 Å². The van der Waals surface area contributed by atoms with Gasteiger partial charge in [0, 0.05) is 51.4 Å². The van der Waals surface area contributed by atoms with E-state index in [4.69, 9.17) is 19.9 Å². The highest BCUT2D eigenvalue weighted by Crippen LogP contribution is 2.39. The number of carbonyl (C=O) groups excluding carboxylic acids is 1. The molecule has 1 aliphatic rings. The quantitative estimate of drug-likeness (QED) is 0.798. The third-order valence-electron chi connectivity index (χ3n) is 4.02. The number of methoxy groups -OCH3 is 3. The minimum Gasteiger partial charge on any atom is -0.493 e. The van der Waals surface area contributed by atoms with E-state index in [0.717, 1.165) is 19.6 Å². The van der Waals surface area contributed by atoms with Gasteiger partial charge in [0.15, 0.2) is 11.5 Å². The fourth-order valence-corrected chi connectivity index (χ4v) is 2.71. The van der Waals surface area contributed by atoms with Crippen molar-refractivity contribution in [2.45, 2.75) is 0 Å². The average molecular weight is 338 g/mol. The molecule has 1 aliphatic heterocycles. The highest BCUT2D eigenvalue weighted by Gasteiger charge is 2.21. The molecule has 2 amide bonds. The number of piperazine rings is 1. The molecule has 2 rings (SSSR count). The molecular formula is C16H26N4O4. The van der Waals surface area contributed by atoms with Crippen molar-refractivity contribution in [3.63, 3.8) is 0 Å². The van der Waals surface area contributed by atoms with Gasteiger partial charge >= 0.3 is 6.03 Å². The summed E-state index contributed by atoms with van der Waals surface area (Å²) in [5.74, 6) is 1.49. The molecule has 0 aromatic heterocycles. The third-order valence-corrected chi connectivity index (χ3v) is 4.02. The van der Waals surface area contributed by atoms with Gasteiger partial charge in [0.05, 0.1) is 27.0 Å². The summed E-state index contributed by atoms with van der Waals surface area (Å²) in [5.41, 5.74) is 6.16. The number of anilines is 1. The highest BCUT2D eigenvalue weighted by molar-refractivity contribution is 5.90. The van der Waals surface area contributed by atoms with Crippen LogP contribution in [0.5, 0.6) is 17.2 Å². The number of nitrogens with zero attached hydrogens (tertiary/aromatic N) is 2. The minimum atomic E-state index is -0.142. The van der Waals surface area contributed by atoms with Crippen LogP contribution in [0.15, 0.2) is 12.1 Å². The molecule has 0 unspecified atom stereocenters. The largest absolute Gasteiger partial charge is 0.493 e. The number of nitrogens with two attached hydrogens (primary N) is 1. The summed E-state index contributed by atoms with van der Waals surface area (Å²) in [6.45, 7) is 4.52. The molecule has 1 aromatic carbocycles. The highest BCUT2D eigenvalue weighted by atomic mass is 16.5. The zero-order valence-corrected chi connectivity index (χ0v) is 14.5. The van der Waals surface area contributed by atoms with E-state index in [1.165, 1.54) is 0 Å². The molecule has 1 heterocycles. The first-order valence-corrected chi connectivity index (χ1v) is 7.91. The van der Waals surface area contributed by atoms with Crippen molar-refractivity contribution in [1.82, 2.24) is 9.80 Å². The number of benzene rings is 1.